The largest absolute Gasteiger partial charge is 0.356 e. The molecule has 2 rings (SSSR count). The van der Waals surface area contributed by atoms with Crippen molar-refractivity contribution in [1.82, 2.24) is 9.78 Å². The first kappa shape index (κ1) is 11.2. The Labute approximate surface area is 96.2 Å². The highest BCUT2D eigenvalue weighted by atomic mass is 16.1. The Morgan fingerprint density at radius 3 is 2.62 bits per heavy atom. The average molecular weight is 221 g/mol. The van der Waals surface area contributed by atoms with Crippen LogP contribution in [0.25, 0.3) is 0 Å². The Kier molecular flexibility index (Phi) is 2.99. The first-order valence-corrected chi connectivity index (χ1v) is 5.86. The minimum absolute atomic E-state index is 0.563. The number of rotatable bonds is 3. The second-order valence-corrected chi connectivity index (χ2v) is 4.61. The van der Waals surface area contributed by atoms with Crippen LogP contribution in [-0.4, -0.2) is 29.2 Å². The van der Waals surface area contributed by atoms with Crippen LogP contribution in [0.3, 0.4) is 0 Å². The van der Waals surface area contributed by atoms with Gasteiger partial charge in [0.2, 0.25) is 0 Å². The maximum Gasteiger partial charge on any atom is 0.155 e. The first-order valence-electron chi connectivity index (χ1n) is 5.86. The SMILES string of the molecule is Cc1nn(C)c(N(C)C2CCCC2)c1C=O. The zero-order chi connectivity index (χ0) is 11.7. The number of aryl methyl sites for hydroxylation is 2. The summed E-state index contributed by atoms with van der Waals surface area (Å²) in [6, 6.07) is 0.563. The number of nitrogens with zero attached hydrogens (tertiary/aromatic N) is 3. The molecule has 4 heteroatoms. The maximum absolute atomic E-state index is 11.1. The molecule has 0 aliphatic heterocycles. The topological polar surface area (TPSA) is 38.1 Å². The molecule has 4 nitrogen and oxygen atoms in total. The molecule has 1 aromatic heterocycles. The highest BCUT2D eigenvalue weighted by Gasteiger charge is 2.25. The molecule has 88 valence electrons. The van der Waals surface area contributed by atoms with E-state index in [0.29, 0.717) is 6.04 Å². The molecule has 0 bridgehead atoms. The predicted octanol–water partition coefficient (Wildman–Crippen LogP) is 1.92. The second kappa shape index (κ2) is 4.28. The number of carbonyl (C=O) groups excluding carboxylic acids is 1. The van der Waals surface area contributed by atoms with Crippen molar-refractivity contribution >= 4 is 12.1 Å². The van der Waals surface area contributed by atoms with Gasteiger partial charge in [0.15, 0.2) is 6.29 Å². The van der Waals surface area contributed by atoms with Crippen LogP contribution in [0.2, 0.25) is 0 Å². The van der Waals surface area contributed by atoms with Crippen LogP contribution in [0.5, 0.6) is 0 Å². The van der Waals surface area contributed by atoms with Gasteiger partial charge in [0.25, 0.3) is 0 Å². The first-order chi connectivity index (χ1) is 7.65. The Morgan fingerprint density at radius 2 is 2.06 bits per heavy atom. The standard InChI is InChI=1S/C12H19N3O/c1-9-11(8-16)12(15(3)13-9)14(2)10-6-4-5-7-10/h8,10H,4-7H2,1-3H3. The summed E-state index contributed by atoms with van der Waals surface area (Å²) in [5, 5.41) is 4.32. The third kappa shape index (κ3) is 1.72. The van der Waals surface area contributed by atoms with E-state index < -0.39 is 0 Å². The van der Waals surface area contributed by atoms with E-state index in [1.807, 2.05) is 18.7 Å². The van der Waals surface area contributed by atoms with Gasteiger partial charge in [-0.05, 0) is 19.8 Å². The highest BCUT2D eigenvalue weighted by molar-refractivity contribution is 5.84. The maximum atomic E-state index is 11.1. The number of carbonyl (C=O) groups is 1. The van der Waals surface area contributed by atoms with Crippen molar-refractivity contribution in [2.24, 2.45) is 7.05 Å². The summed E-state index contributed by atoms with van der Waals surface area (Å²) in [5.74, 6) is 0.958. The van der Waals surface area contributed by atoms with Gasteiger partial charge >= 0.3 is 0 Å². The van der Waals surface area contributed by atoms with Crippen LogP contribution in [-0.2, 0) is 7.05 Å². The zero-order valence-electron chi connectivity index (χ0n) is 10.2. The molecule has 0 N–H and O–H groups in total. The molecule has 0 saturated heterocycles. The van der Waals surface area contributed by atoms with Crippen molar-refractivity contribution in [2.75, 3.05) is 11.9 Å². The molecule has 0 atom stereocenters. The molecule has 0 unspecified atom stereocenters. The number of hydrogen-bond acceptors (Lipinski definition) is 3. The molecular formula is C12H19N3O. The number of anilines is 1. The van der Waals surface area contributed by atoms with Crippen molar-refractivity contribution in [2.45, 2.75) is 38.6 Å². The van der Waals surface area contributed by atoms with Crippen molar-refractivity contribution < 1.29 is 4.79 Å². The molecular weight excluding hydrogens is 202 g/mol. The third-order valence-corrected chi connectivity index (χ3v) is 3.56. The second-order valence-electron chi connectivity index (χ2n) is 4.61. The number of aromatic nitrogens is 2. The molecule has 16 heavy (non-hydrogen) atoms. The molecule has 1 aliphatic carbocycles. The lowest BCUT2D eigenvalue weighted by Crippen LogP contribution is -2.31. The van der Waals surface area contributed by atoms with Gasteiger partial charge in [-0.1, -0.05) is 12.8 Å². The molecule has 0 amide bonds. The monoisotopic (exact) mass is 221 g/mol. The molecule has 1 fully saturated rings. The van der Waals surface area contributed by atoms with Crippen molar-refractivity contribution in [3.8, 4) is 0 Å². The van der Waals surface area contributed by atoms with Crippen LogP contribution in [0.15, 0.2) is 0 Å². The number of hydrogen-bond donors (Lipinski definition) is 0. The van der Waals surface area contributed by atoms with Gasteiger partial charge in [-0.2, -0.15) is 5.10 Å². The minimum atomic E-state index is 0.563. The van der Waals surface area contributed by atoms with Gasteiger partial charge in [0.1, 0.15) is 5.82 Å². The van der Waals surface area contributed by atoms with Crippen molar-refractivity contribution in [3.05, 3.63) is 11.3 Å². The molecule has 0 aromatic carbocycles. The van der Waals surface area contributed by atoms with Crippen molar-refractivity contribution in [1.29, 1.82) is 0 Å². The summed E-state index contributed by atoms with van der Waals surface area (Å²) in [4.78, 5) is 13.3. The van der Waals surface area contributed by atoms with E-state index in [4.69, 9.17) is 0 Å². The van der Waals surface area contributed by atoms with Gasteiger partial charge in [-0.15, -0.1) is 0 Å². The van der Waals surface area contributed by atoms with Gasteiger partial charge in [0, 0.05) is 20.1 Å². The third-order valence-electron chi connectivity index (χ3n) is 3.56. The van der Waals surface area contributed by atoms with E-state index in [1.165, 1.54) is 25.7 Å². The Hall–Kier alpha value is -1.32. The molecule has 1 heterocycles. The molecule has 0 spiro atoms. The van der Waals surface area contributed by atoms with Crippen LogP contribution in [0.1, 0.15) is 41.7 Å². The average Bonchev–Trinajstić information content (AvgIpc) is 2.84. The Morgan fingerprint density at radius 1 is 1.44 bits per heavy atom. The number of aldehydes is 1. The van der Waals surface area contributed by atoms with E-state index >= 15 is 0 Å². The van der Waals surface area contributed by atoms with E-state index in [1.54, 1.807) is 0 Å². The fraction of sp³-hybridized carbons (Fsp3) is 0.667. The predicted molar refractivity (Wildman–Crippen MR) is 64.0 cm³/mol. The van der Waals surface area contributed by atoms with Crippen LogP contribution in [0.4, 0.5) is 5.82 Å². The summed E-state index contributed by atoms with van der Waals surface area (Å²) < 4.78 is 1.82. The summed E-state index contributed by atoms with van der Waals surface area (Å²) in [6.07, 6.45) is 5.95. The quantitative estimate of drug-likeness (QED) is 0.732. The lowest BCUT2D eigenvalue weighted by molar-refractivity contribution is 0.112. The molecule has 1 aliphatic rings. The van der Waals surface area contributed by atoms with Gasteiger partial charge < -0.3 is 4.90 Å². The van der Waals surface area contributed by atoms with E-state index in [-0.39, 0.29) is 0 Å². The van der Waals surface area contributed by atoms with Gasteiger partial charge in [-0.3, -0.25) is 9.48 Å². The Balaban J connectivity index is 2.34. The van der Waals surface area contributed by atoms with E-state index in [2.05, 4.69) is 17.0 Å². The van der Waals surface area contributed by atoms with Crippen LogP contribution < -0.4 is 4.90 Å². The van der Waals surface area contributed by atoms with E-state index in [9.17, 15) is 4.79 Å². The molecule has 0 radical (unpaired) electrons. The fourth-order valence-corrected chi connectivity index (χ4v) is 2.68. The highest BCUT2D eigenvalue weighted by Crippen LogP contribution is 2.29. The summed E-state index contributed by atoms with van der Waals surface area (Å²) in [7, 11) is 3.97. The lowest BCUT2D eigenvalue weighted by Gasteiger charge is -2.26. The fourth-order valence-electron chi connectivity index (χ4n) is 2.68. The lowest BCUT2D eigenvalue weighted by atomic mass is 10.2. The van der Waals surface area contributed by atoms with Crippen molar-refractivity contribution in [3.63, 3.8) is 0 Å². The molecule has 1 aromatic rings. The van der Waals surface area contributed by atoms with Gasteiger partial charge in [0.05, 0.1) is 11.3 Å². The van der Waals surface area contributed by atoms with E-state index in [0.717, 1.165) is 23.4 Å². The smallest absolute Gasteiger partial charge is 0.155 e. The normalized spacial score (nSPS) is 16.7. The Bertz CT molecular complexity index is 391. The van der Waals surface area contributed by atoms with Gasteiger partial charge in [-0.25, -0.2) is 0 Å². The van der Waals surface area contributed by atoms with Crippen LogP contribution >= 0.6 is 0 Å². The summed E-state index contributed by atoms with van der Waals surface area (Å²) in [5.41, 5.74) is 1.55. The molecule has 1 saturated carbocycles. The minimum Gasteiger partial charge on any atom is -0.356 e. The summed E-state index contributed by atoms with van der Waals surface area (Å²) in [6.45, 7) is 1.88. The van der Waals surface area contributed by atoms with Crippen LogP contribution in [0, 0.1) is 6.92 Å². The zero-order valence-corrected chi connectivity index (χ0v) is 10.2. The summed E-state index contributed by atoms with van der Waals surface area (Å²) >= 11 is 0.